The standard InChI is InChI=1S/C26H42O7/c1-5-11-26(4,6-2)25(32)33-22-14-19(28)12-17-8-7-16(3)21(24(17)22)10-9-18(27)13-20(29)15-23(30)31/h7-8,12,16,18-22,24,27-29H,5-6,9-11,13-15H2,1-4H3,(H,30,31). The molecule has 0 saturated heterocycles. The number of hydrogen-bond donors (Lipinski definition) is 4. The highest BCUT2D eigenvalue weighted by Crippen LogP contribution is 2.44. The third kappa shape index (κ3) is 7.39. The average Bonchev–Trinajstić information content (AvgIpc) is 2.72. The van der Waals surface area contributed by atoms with Crippen molar-refractivity contribution in [3.63, 3.8) is 0 Å². The molecule has 4 N–H and O–H groups in total. The summed E-state index contributed by atoms with van der Waals surface area (Å²) in [6.45, 7) is 8.08. The molecule has 0 amide bonds. The molecule has 7 heteroatoms. The van der Waals surface area contributed by atoms with Crippen molar-refractivity contribution in [3.8, 4) is 0 Å². The number of esters is 1. The van der Waals surface area contributed by atoms with E-state index in [2.05, 4.69) is 19.9 Å². The number of carboxylic acids is 1. The van der Waals surface area contributed by atoms with Crippen molar-refractivity contribution in [1.29, 1.82) is 0 Å². The van der Waals surface area contributed by atoms with Crippen LogP contribution in [-0.4, -0.2) is 56.8 Å². The zero-order valence-electron chi connectivity index (χ0n) is 20.4. The number of carboxylic acid groups (broad SMARTS) is 1. The van der Waals surface area contributed by atoms with Crippen molar-refractivity contribution in [2.75, 3.05) is 0 Å². The molecule has 0 heterocycles. The van der Waals surface area contributed by atoms with Crippen LogP contribution in [0.15, 0.2) is 23.8 Å². The molecule has 0 spiro atoms. The summed E-state index contributed by atoms with van der Waals surface area (Å²) >= 11 is 0. The van der Waals surface area contributed by atoms with Gasteiger partial charge in [0.05, 0.1) is 30.1 Å². The Morgan fingerprint density at radius 1 is 1.24 bits per heavy atom. The molecule has 188 valence electrons. The fraction of sp³-hybridized carbons (Fsp3) is 0.769. The van der Waals surface area contributed by atoms with Gasteiger partial charge in [0.15, 0.2) is 0 Å². The Bertz CT molecular complexity index is 730. The zero-order valence-corrected chi connectivity index (χ0v) is 20.4. The highest BCUT2D eigenvalue weighted by molar-refractivity contribution is 5.76. The van der Waals surface area contributed by atoms with Crippen LogP contribution < -0.4 is 0 Å². The second-order valence-corrected chi connectivity index (χ2v) is 10.2. The minimum Gasteiger partial charge on any atom is -0.481 e. The van der Waals surface area contributed by atoms with Crippen LogP contribution in [-0.2, 0) is 14.3 Å². The molecule has 8 unspecified atom stereocenters. The van der Waals surface area contributed by atoms with E-state index >= 15 is 0 Å². The molecule has 2 rings (SSSR count). The molecule has 0 saturated carbocycles. The Hall–Kier alpha value is -1.70. The first kappa shape index (κ1) is 27.5. The number of allylic oxidation sites excluding steroid dienone is 2. The van der Waals surface area contributed by atoms with E-state index in [1.54, 1.807) is 0 Å². The fourth-order valence-corrected chi connectivity index (χ4v) is 5.34. The van der Waals surface area contributed by atoms with E-state index in [4.69, 9.17) is 9.84 Å². The van der Waals surface area contributed by atoms with Gasteiger partial charge in [-0.1, -0.05) is 45.4 Å². The smallest absolute Gasteiger partial charge is 0.312 e. The van der Waals surface area contributed by atoms with Crippen molar-refractivity contribution in [2.45, 2.75) is 103 Å². The Morgan fingerprint density at radius 3 is 2.55 bits per heavy atom. The van der Waals surface area contributed by atoms with E-state index in [1.165, 1.54) is 0 Å². The third-order valence-corrected chi connectivity index (χ3v) is 7.49. The van der Waals surface area contributed by atoms with Crippen LogP contribution in [0.4, 0.5) is 0 Å². The number of rotatable bonds is 12. The Labute approximate surface area is 197 Å². The topological polar surface area (TPSA) is 124 Å². The molecule has 0 aromatic heterocycles. The maximum Gasteiger partial charge on any atom is 0.312 e. The van der Waals surface area contributed by atoms with Crippen LogP contribution in [0.5, 0.6) is 0 Å². The molecule has 0 aromatic rings. The number of carbonyl (C=O) groups excluding carboxylic acids is 1. The molecule has 8 atom stereocenters. The van der Waals surface area contributed by atoms with Gasteiger partial charge in [0, 0.05) is 12.3 Å². The van der Waals surface area contributed by atoms with Crippen LogP contribution >= 0.6 is 0 Å². The lowest BCUT2D eigenvalue weighted by molar-refractivity contribution is -0.167. The molecular weight excluding hydrogens is 424 g/mol. The summed E-state index contributed by atoms with van der Waals surface area (Å²) in [5, 5.41) is 39.4. The predicted molar refractivity (Wildman–Crippen MR) is 125 cm³/mol. The maximum absolute atomic E-state index is 13.1. The Kier molecular flexibility index (Phi) is 10.1. The molecule has 0 aliphatic heterocycles. The van der Waals surface area contributed by atoms with Gasteiger partial charge in [0.25, 0.3) is 0 Å². The molecule has 7 nitrogen and oxygen atoms in total. The maximum atomic E-state index is 13.1. The van der Waals surface area contributed by atoms with Gasteiger partial charge >= 0.3 is 11.9 Å². The molecule has 0 radical (unpaired) electrons. The van der Waals surface area contributed by atoms with E-state index in [-0.39, 0.29) is 36.6 Å². The number of ether oxygens (including phenoxy) is 1. The minimum atomic E-state index is -1.09. The Balaban J connectivity index is 2.15. The lowest BCUT2D eigenvalue weighted by atomic mass is 9.66. The first-order chi connectivity index (χ1) is 15.5. The third-order valence-electron chi connectivity index (χ3n) is 7.49. The van der Waals surface area contributed by atoms with Crippen LogP contribution in [0.2, 0.25) is 0 Å². The van der Waals surface area contributed by atoms with Crippen molar-refractivity contribution >= 4 is 11.9 Å². The normalized spacial score (nSPS) is 30.5. The summed E-state index contributed by atoms with van der Waals surface area (Å²) in [6.07, 6.45) is 6.25. The molecule has 2 aliphatic carbocycles. The van der Waals surface area contributed by atoms with Crippen molar-refractivity contribution in [3.05, 3.63) is 23.8 Å². The van der Waals surface area contributed by atoms with E-state index < -0.39 is 35.8 Å². The fourth-order valence-electron chi connectivity index (χ4n) is 5.34. The molecule has 0 aromatic carbocycles. The zero-order chi connectivity index (χ0) is 24.8. The Morgan fingerprint density at radius 2 is 1.94 bits per heavy atom. The summed E-state index contributed by atoms with van der Waals surface area (Å²) in [5.41, 5.74) is 0.409. The SMILES string of the molecule is CCCC(C)(CC)C(=O)OC1CC(O)C=C2C=CC(C)C(CCC(O)CC(O)CC(=O)O)C21. The van der Waals surface area contributed by atoms with E-state index in [0.717, 1.165) is 18.4 Å². The molecule has 0 fully saturated rings. The number of fused-ring (bicyclic) bond motifs is 1. The van der Waals surface area contributed by atoms with Gasteiger partial charge in [-0.2, -0.15) is 0 Å². The van der Waals surface area contributed by atoms with Crippen LogP contribution in [0.1, 0.15) is 79.1 Å². The lowest BCUT2D eigenvalue weighted by Crippen LogP contribution is -2.44. The van der Waals surface area contributed by atoms with E-state index in [9.17, 15) is 24.9 Å². The minimum absolute atomic E-state index is 0.0135. The summed E-state index contributed by atoms with van der Waals surface area (Å²) < 4.78 is 6.09. The molecule has 0 bridgehead atoms. The number of hydrogen-bond acceptors (Lipinski definition) is 6. The van der Waals surface area contributed by atoms with Crippen LogP contribution in [0.3, 0.4) is 0 Å². The van der Waals surface area contributed by atoms with Gasteiger partial charge in [0.1, 0.15) is 6.10 Å². The number of carbonyl (C=O) groups is 2. The first-order valence-corrected chi connectivity index (χ1v) is 12.4. The van der Waals surface area contributed by atoms with Crippen molar-refractivity contribution < 1.29 is 34.8 Å². The lowest BCUT2D eigenvalue weighted by Gasteiger charge is -2.43. The second kappa shape index (κ2) is 12.1. The van der Waals surface area contributed by atoms with Crippen LogP contribution in [0.25, 0.3) is 0 Å². The summed E-state index contributed by atoms with van der Waals surface area (Å²) in [4.78, 5) is 23.9. The summed E-state index contributed by atoms with van der Waals surface area (Å²) in [5.74, 6) is -1.10. The van der Waals surface area contributed by atoms with Gasteiger partial charge in [0.2, 0.25) is 0 Å². The number of aliphatic carboxylic acids is 1. The monoisotopic (exact) mass is 466 g/mol. The number of aliphatic hydroxyl groups excluding tert-OH is 3. The van der Waals surface area contributed by atoms with Gasteiger partial charge in [-0.05, 0) is 56.4 Å². The molecule has 33 heavy (non-hydrogen) atoms. The van der Waals surface area contributed by atoms with Gasteiger partial charge < -0.3 is 25.2 Å². The number of aliphatic hydroxyl groups is 3. The molecular formula is C26H42O7. The quantitative estimate of drug-likeness (QED) is 0.324. The van der Waals surface area contributed by atoms with Crippen molar-refractivity contribution in [1.82, 2.24) is 0 Å². The highest BCUT2D eigenvalue weighted by Gasteiger charge is 2.44. The van der Waals surface area contributed by atoms with E-state index in [1.807, 2.05) is 26.0 Å². The van der Waals surface area contributed by atoms with Crippen LogP contribution in [0, 0.1) is 23.2 Å². The highest BCUT2D eigenvalue weighted by atomic mass is 16.5. The second-order valence-electron chi connectivity index (χ2n) is 10.2. The predicted octanol–water partition coefficient (Wildman–Crippen LogP) is 3.61. The van der Waals surface area contributed by atoms with Crippen molar-refractivity contribution in [2.24, 2.45) is 23.2 Å². The van der Waals surface area contributed by atoms with Gasteiger partial charge in [-0.3, -0.25) is 9.59 Å². The largest absolute Gasteiger partial charge is 0.481 e. The van der Waals surface area contributed by atoms with E-state index in [0.29, 0.717) is 25.7 Å². The summed E-state index contributed by atoms with van der Waals surface area (Å²) in [7, 11) is 0. The van der Waals surface area contributed by atoms with Gasteiger partial charge in [-0.15, -0.1) is 0 Å². The van der Waals surface area contributed by atoms with Gasteiger partial charge in [-0.25, -0.2) is 0 Å². The molecule has 2 aliphatic rings. The summed E-state index contributed by atoms with van der Waals surface area (Å²) in [6, 6.07) is 0. The average molecular weight is 467 g/mol. The first-order valence-electron chi connectivity index (χ1n) is 12.4.